The molecule has 1 aromatic heterocycles. The number of halogens is 4. The number of carbonyl (C=O) groups is 1. The number of nitrogens with one attached hydrogen (secondary N) is 2. The van der Waals surface area contributed by atoms with Gasteiger partial charge in [-0.2, -0.15) is 22.5 Å². The Hall–Kier alpha value is -3.75. The van der Waals surface area contributed by atoms with Gasteiger partial charge in [0.25, 0.3) is 17.8 Å². The summed E-state index contributed by atoms with van der Waals surface area (Å²) in [6.45, 7) is 0. The van der Waals surface area contributed by atoms with Crippen molar-refractivity contribution in [3.8, 4) is 0 Å². The van der Waals surface area contributed by atoms with Crippen molar-refractivity contribution in [1.29, 1.82) is 0 Å². The number of fused-ring (bicyclic) bond motifs is 1. The van der Waals surface area contributed by atoms with Gasteiger partial charge in [-0.25, -0.2) is 4.99 Å². The molecule has 0 unspecified atom stereocenters. The lowest BCUT2D eigenvalue weighted by atomic mass is 10.0. The molecule has 29 heavy (non-hydrogen) atoms. The Morgan fingerprint density at radius 2 is 1.48 bits per heavy atom. The first-order valence-electron chi connectivity index (χ1n) is 8.45. The number of benzene rings is 2. The summed E-state index contributed by atoms with van der Waals surface area (Å²) in [5, 5.41) is 4.75. The molecule has 0 bridgehead atoms. The molecule has 0 spiro atoms. The Labute approximate surface area is 162 Å². The lowest BCUT2D eigenvalue weighted by Gasteiger charge is -2.16. The van der Waals surface area contributed by atoms with E-state index >= 15 is 0 Å². The molecular weight excluding hydrogens is 388 g/mol. The fraction of sp³-hybridized carbons (Fsp3) is 0.0500. The highest BCUT2D eigenvalue weighted by atomic mass is 19.2. The van der Waals surface area contributed by atoms with Crippen LogP contribution in [0.4, 0.5) is 28.9 Å². The van der Waals surface area contributed by atoms with E-state index in [0.29, 0.717) is 22.5 Å². The largest absolute Gasteiger partial charge is 0.351 e. The van der Waals surface area contributed by atoms with E-state index in [4.69, 9.17) is 0 Å². The topological polar surface area (TPSA) is 66.4 Å². The fourth-order valence-corrected chi connectivity index (χ4v) is 2.93. The number of hydrogen-bond acceptors (Lipinski definition) is 4. The number of anilines is 2. The first kappa shape index (κ1) is 18.6. The molecule has 5 nitrogen and oxygen atoms in total. The summed E-state index contributed by atoms with van der Waals surface area (Å²) in [5.41, 5.74) is 0.822. The summed E-state index contributed by atoms with van der Waals surface area (Å²) in [7, 11) is 0. The smallest absolute Gasteiger partial charge is 0.269 e. The van der Waals surface area contributed by atoms with Crippen LogP contribution < -0.4 is 10.6 Å². The molecule has 1 aliphatic rings. The maximum absolute atomic E-state index is 14.0. The normalized spacial score (nSPS) is 15.8. The van der Waals surface area contributed by atoms with Crippen molar-refractivity contribution in [1.82, 2.24) is 4.98 Å². The van der Waals surface area contributed by atoms with E-state index in [9.17, 15) is 22.4 Å². The summed E-state index contributed by atoms with van der Waals surface area (Å²) in [6, 6.07) is 15.6. The number of hydrogen-bond donors (Lipinski definition) is 2. The van der Waals surface area contributed by atoms with Crippen molar-refractivity contribution in [2.75, 3.05) is 10.6 Å². The minimum absolute atomic E-state index is 0.355. The summed E-state index contributed by atoms with van der Waals surface area (Å²) >= 11 is 0. The van der Waals surface area contributed by atoms with Gasteiger partial charge < -0.3 is 10.6 Å². The second-order valence-corrected chi connectivity index (χ2v) is 6.12. The highest BCUT2D eigenvalue weighted by Crippen LogP contribution is 2.27. The number of aliphatic imine (C=N–C) groups is 1. The van der Waals surface area contributed by atoms with Crippen LogP contribution in [0.15, 0.2) is 59.6 Å². The average molecular weight is 400 g/mol. The van der Waals surface area contributed by atoms with Gasteiger partial charge in [-0.1, -0.05) is 48.5 Å². The third-order valence-electron chi connectivity index (χ3n) is 4.27. The molecule has 1 atom stereocenters. The first-order valence-corrected chi connectivity index (χ1v) is 8.45. The average Bonchev–Trinajstić information content (AvgIpc) is 2.86. The van der Waals surface area contributed by atoms with Crippen LogP contribution in [0.2, 0.25) is 0 Å². The van der Waals surface area contributed by atoms with Gasteiger partial charge in [-0.3, -0.25) is 4.79 Å². The van der Waals surface area contributed by atoms with Crippen LogP contribution in [0.1, 0.15) is 11.1 Å². The number of nitrogens with zero attached hydrogens (tertiary/aromatic N) is 2. The van der Waals surface area contributed by atoms with E-state index in [2.05, 4.69) is 20.6 Å². The van der Waals surface area contributed by atoms with E-state index in [1.165, 1.54) is 0 Å². The number of carbonyl (C=O) groups excluding carboxylic acids is 1. The molecule has 0 aliphatic carbocycles. The van der Waals surface area contributed by atoms with Crippen LogP contribution in [0.25, 0.3) is 0 Å². The molecule has 9 heteroatoms. The van der Waals surface area contributed by atoms with E-state index in [1.807, 2.05) is 0 Å². The van der Waals surface area contributed by atoms with Crippen LogP contribution in [-0.2, 0) is 4.79 Å². The fourth-order valence-electron chi connectivity index (χ4n) is 2.93. The zero-order valence-electron chi connectivity index (χ0n) is 14.6. The molecular formula is C20H12F4N4O. The minimum Gasteiger partial charge on any atom is -0.351 e. The van der Waals surface area contributed by atoms with Crippen molar-refractivity contribution in [2.45, 2.75) is 6.17 Å². The molecule has 146 valence electrons. The Balaban J connectivity index is 1.84. The molecule has 2 heterocycles. The van der Waals surface area contributed by atoms with Gasteiger partial charge in [0.15, 0.2) is 6.17 Å². The van der Waals surface area contributed by atoms with Crippen molar-refractivity contribution in [3.05, 3.63) is 89.3 Å². The number of pyridine rings is 1. The molecule has 1 aliphatic heterocycles. The van der Waals surface area contributed by atoms with E-state index < -0.39 is 41.3 Å². The number of para-hydroxylation sites is 1. The predicted molar refractivity (Wildman–Crippen MR) is 98.6 cm³/mol. The number of amides is 1. The summed E-state index contributed by atoms with van der Waals surface area (Å²) in [6.07, 6.45) is -1.57. The van der Waals surface area contributed by atoms with E-state index in [0.717, 1.165) is 0 Å². The van der Waals surface area contributed by atoms with Gasteiger partial charge in [-0.05, 0) is 6.07 Å². The number of rotatable bonds is 3. The van der Waals surface area contributed by atoms with Crippen LogP contribution in [0.3, 0.4) is 0 Å². The zero-order chi connectivity index (χ0) is 20.5. The highest BCUT2D eigenvalue weighted by molar-refractivity contribution is 6.19. The van der Waals surface area contributed by atoms with Crippen molar-refractivity contribution >= 4 is 23.0 Å². The molecule has 0 radical (unpaired) electrons. The van der Waals surface area contributed by atoms with Crippen LogP contribution in [0.5, 0.6) is 0 Å². The summed E-state index contributed by atoms with van der Waals surface area (Å²) < 4.78 is 54.9. The van der Waals surface area contributed by atoms with Crippen molar-refractivity contribution < 1.29 is 22.4 Å². The Bertz CT molecular complexity index is 1110. The second-order valence-electron chi connectivity index (χ2n) is 6.12. The zero-order valence-corrected chi connectivity index (χ0v) is 14.6. The Kier molecular flexibility index (Phi) is 4.71. The minimum atomic E-state index is -1.84. The predicted octanol–water partition coefficient (Wildman–Crippen LogP) is 3.87. The third-order valence-corrected chi connectivity index (χ3v) is 4.27. The summed E-state index contributed by atoms with van der Waals surface area (Å²) in [4.78, 5) is 19.4. The summed E-state index contributed by atoms with van der Waals surface area (Å²) in [5.74, 6) is -7.95. The molecule has 2 N–H and O–H groups in total. The molecule has 3 aromatic rings. The lowest BCUT2D eigenvalue weighted by molar-refractivity contribution is -0.116. The van der Waals surface area contributed by atoms with Gasteiger partial charge in [0.05, 0.1) is 11.4 Å². The van der Waals surface area contributed by atoms with Crippen LogP contribution in [-0.4, -0.2) is 22.8 Å². The molecule has 0 saturated heterocycles. The molecule has 0 saturated carbocycles. The Morgan fingerprint density at radius 1 is 0.862 bits per heavy atom. The first-order chi connectivity index (χ1) is 14.0. The van der Waals surface area contributed by atoms with Crippen LogP contribution >= 0.6 is 0 Å². The highest BCUT2D eigenvalue weighted by Gasteiger charge is 2.29. The van der Waals surface area contributed by atoms with Gasteiger partial charge in [0, 0.05) is 11.1 Å². The second kappa shape index (κ2) is 7.34. The van der Waals surface area contributed by atoms with Gasteiger partial charge in [-0.15, -0.1) is 0 Å². The molecule has 2 aromatic carbocycles. The maximum atomic E-state index is 14.0. The van der Waals surface area contributed by atoms with Crippen molar-refractivity contribution in [3.63, 3.8) is 0 Å². The molecule has 0 fully saturated rings. The molecule has 4 rings (SSSR count). The van der Waals surface area contributed by atoms with E-state index in [1.54, 1.807) is 54.6 Å². The monoisotopic (exact) mass is 400 g/mol. The SMILES string of the molecule is O=C1Nc2ccccc2C(c2ccccc2)=N[C@H]1Nc1c(F)c(F)nc(F)c1F. The Morgan fingerprint density at radius 3 is 2.17 bits per heavy atom. The van der Waals surface area contributed by atoms with Crippen molar-refractivity contribution in [2.24, 2.45) is 4.99 Å². The quantitative estimate of drug-likeness (QED) is 0.518. The van der Waals surface area contributed by atoms with Gasteiger partial charge >= 0.3 is 0 Å². The number of aromatic nitrogens is 1. The molecule has 1 amide bonds. The van der Waals surface area contributed by atoms with Gasteiger partial charge in [0.2, 0.25) is 11.6 Å². The standard InChI is InChI=1S/C20H12F4N4O/c21-13-16(14(22)18(24)28-17(13)23)27-19-20(29)25-12-9-5-4-8-11(12)15(26-19)10-6-2-1-3-7-10/h1-9,19H,(H,25,29)(H,27,28)/t19-/m0/s1. The lowest BCUT2D eigenvalue weighted by Crippen LogP contribution is -2.33. The maximum Gasteiger partial charge on any atom is 0.269 e. The third kappa shape index (κ3) is 3.42. The van der Waals surface area contributed by atoms with Gasteiger partial charge in [0.1, 0.15) is 5.69 Å². The van der Waals surface area contributed by atoms with E-state index in [-0.39, 0.29) is 0 Å². The number of benzodiazepines with no additional fused rings is 1. The van der Waals surface area contributed by atoms with Crippen LogP contribution in [0, 0.1) is 23.5 Å².